The number of fused-ring (bicyclic) bond motifs is 7. The van der Waals surface area contributed by atoms with Gasteiger partial charge in [-0.25, -0.2) is 4.99 Å². The Bertz CT molecular complexity index is 2760. The van der Waals surface area contributed by atoms with Gasteiger partial charge in [0, 0.05) is 32.8 Å². The lowest BCUT2D eigenvalue weighted by Crippen LogP contribution is -2.35. The van der Waals surface area contributed by atoms with Crippen molar-refractivity contribution in [2.24, 2.45) is 9.98 Å². The Morgan fingerprint density at radius 2 is 0.920 bits per heavy atom. The lowest BCUT2D eigenvalue weighted by Gasteiger charge is -2.24. The van der Waals surface area contributed by atoms with E-state index in [4.69, 9.17) is 9.98 Å². The molecule has 0 spiro atoms. The summed E-state index contributed by atoms with van der Waals surface area (Å²) in [6.45, 7) is 0. The summed E-state index contributed by atoms with van der Waals surface area (Å²) >= 11 is 0. The van der Waals surface area contributed by atoms with Crippen LogP contribution in [0, 0.1) is 0 Å². The van der Waals surface area contributed by atoms with Crippen molar-refractivity contribution < 1.29 is 0 Å². The fourth-order valence-electron chi connectivity index (χ4n) is 7.49. The van der Waals surface area contributed by atoms with Gasteiger partial charge in [0.1, 0.15) is 12.0 Å². The van der Waals surface area contributed by atoms with Crippen molar-refractivity contribution >= 4 is 55.4 Å². The van der Waals surface area contributed by atoms with Gasteiger partial charge in [0.05, 0.1) is 22.1 Å². The molecule has 9 aromatic rings. The van der Waals surface area contributed by atoms with Gasteiger partial charge in [-0.2, -0.15) is 4.99 Å². The predicted molar refractivity (Wildman–Crippen MR) is 207 cm³/mol. The van der Waals surface area contributed by atoms with E-state index in [-0.39, 0.29) is 6.17 Å². The predicted octanol–water partition coefficient (Wildman–Crippen LogP) is 10.5. The van der Waals surface area contributed by atoms with Crippen LogP contribution >= 0.6 is 0 Å². The van der Waals surface area contributed by atoms with Gasteiger partial charge in [0.2, 0.25) is 5.96 Å². The highest BCUT2D eigenvalue weighted by molar-refractivity contribution is 6.26. The first-order chi connectivity index (χ1) is 24.8. The molecule has 3 heterocycles. The minimum Gasteiger partial charge on any atom is -0.344 e. The number of aliphatic imine (C=N–C) groups is 2. The molecular formula is C45H31N5. The minimum absolute atomic E-state index is 0.314. The maximum Gasteiger partial charge on any atom is 0.234 e. The van der Waals surface area contributed by atoms with Gasteiger partial charge in [-0.1, -0.05) is 152 Å². The fraction of sp³-hybridized carbons (Fsp3) is 0.0222. The second-order valence-electron chi connectivity index (χ2n) is 12.7. The smallest absolute Gasteiger partial charge is 0.234 e. The van der Waals surface area contributed by atoms with Crippen LogP contribution in [0.5, 0.6) is 0 Å². The van der Waals surface area contributed by atoms with E-state index in [9.17, 15) is 0 Å². The van der Waals surface area contributed by atoms with Crippen LogP contribution in [-0.4, -0.2) is 20.9 Å². The molecule has 236 valence electrons. The van der Waals surface area contributed by atoms with Gasteiger partial charge in [0.15, 0.2) is 0 Å². The van der Waals surface area contributed by atoms with E-state index >= 15 is 0 Å². The van der Waals surface area contributed by atoms with Gasteiger partial charge in [-0.15, -0.1) is 0 Å². The number of benzene rings is 7. The third kappa shape index (κ3) is 4.48. The normalized spacial score (nSPS) is 14.6. The Morgan fingerprint density at radius 1 is 0.420 bits per heavy atom. The zero-order chi connectivity index (χ0) is 33.0. The summed E-state index contributed by atoms with van der Waals surface area (Å²) in [5.74, 6) is 1.44. The molecule has 0 radical (unpaired) electrons. The van der Waals surface area contributed by atoms with Crippen LogP contribution < -0.4 is 5.32 Å². The summed E-state index contributed by atoms with van der Waals surface area (Å²) in [6.07, 6.45) is -0.314. The van der Waals surface area contributed by atoms with E-state index in [1.807, 2.05) is 24.3 Å². The van der Waals surface area contributed by atoms with E-state index in [1.54, 1.807) is 0 Å². The van der Waals surface area contributed by atoms with E-state index < -0.39 is 0 Å². The summed E-state index contributed by atoms with van der Waals surface area (Å²) in [4.78, 5) is 10.6. The van der Waals surface area contributed by atoms with E-state index in [0.29, 0.717) is 5.96 Å². The molecule has 0 fully saturated rings. The first-order valence-electron chi connectivity index (χ1n) is 17.0. The highest BCUT2D eigenvalue weighted by atomic mass is 15.3. The van der Waals surface area contributed by atoms with Crippen molar-refractivity contribution in [2.45, 2.75) is 6.17 Å². The molecule has 7 aromatic carbocycles. The molecule has 5 nitrogen and oxygen atoms in total. The molecule has 1 atom stereocenters. The van der Waals surface area contributed by atoms with Gasteiger partial charge >= 0.3 is 0 Å². The second kappa shape index (κ2) is 11.5. The largest absolute Gasteiger partial charge is 0.344 e. The zero-order valence-electron chi connectivity index (χ0n) is 27.1. The average molecular weight is 642 g/mol. The number of rotatable bonds is 4. The molecule has 1 aliphatic heterocycles. The summed E-state index contributed by atoms with van der Waals surface area (Å²) in [7, 11) is 0. The van der Waals surface area contributed by atoms with Crippen molar-refractivity contribution in [1.82, 2.24) is 14.5 Å². The Kier molecular flexibility index (Phi) is 6.49. The number of amidine groups is 1. The molecule has 1 unspecified atom stereocenters. The Labute approximate surface area is 289 Å². The summed E-state index contributed by atoms with van der Waals surface area (Å²) in [5.41, 5.74) is 10.0. The molecule has 5 heteroatoms. The standard InChI is InChI=1S/C45H31N5/c1-4-14-30(15-5-1)31-24-26-34(27-25-31)49-39-22-12-10-20-35(39)37-28-29-38-36-21-11-13-23-40(36)50(42(38)41(37)49)45-47-43(32-16-6-2-7-17-32)46-44(48-45)33-18-8-3-9-19-33/h1-29,43H,(H,46,47,48). The fourth-order valence-corrected chi connectivity index (χ4v) is 7.49. The third-order valence-electron chi connectivity index (χ3n) is 9.79. The van der Waals surface area contributed by atoms with Crippen LogP contribution in [0.3, 0.4) is 0 Å². The zero-order valence-corrected chi connectivity index (χ0v) is 27.1. The number of hydrogen-bond acceptors (Lipinski definition) is 3. The minimum atomic E-state index is -0.314. The molecule has 2 aromatic heterocycles. The van der Waals surface area contributed by atoms with E-state index in [1.165, 1.54) is 21.9 Å². The first-order valence-corrected chi connectivity index (χ1v) is 17.0. The first kappa shape index (κ1) is 28.3. The molecule has 1 aliphatic rings. The third-order valence-corrected chi connectivity index (χ3v) is 9.79. The van der Waals surface area contributed by atoms with Gasteiger partial charge in [-0.3, -0.25) is 4.57 Å². The summed E-state index contributed by atoms with van der Waals surface area (Å²) in [5, 5.41) is 8.34. The van der Waals surface area contributed by atoms with Crippen LogP contribution in [0.2, 0.25) is 0 Å². The summed E-state index contributed by atoms with van der Waals surface area (Å²) < 4.78 is 4.69. The maximum atomic E-state index is 5.35. The highest BCUT2D eigenvalue weighted by Gasteiger charge is 2.26. The highest BCUT2D eigenvalue weighted by Crippen LogP contribution is 2.41. The lowest BCUT2D eigenvalue weighted by molar-refractivity contribution is 0.668. The van der Waals surface area contributed by atoms with Crippen LogP contribution in [0.15, 0.2) is 186 Å². The summed E-state index contributed by atoms with van der Waals surface area (Å²) in [6, 6.07) is 62.0. The molecular weight excluding hydrogens is 611 g/mol. The van der Waals surface area contributed by atoms with Crippen LogP contribution in [-0.2, 0) is 0 Å². The van der Waals surface area contributed by atoms with Gasteiger partial charge in [-0.05, 0) is 41.0 Å². The Hall–Kier alpha value is -6.72. The second-order valence-corrected chi connectivity index (χ2v) is 12.7. The van der Waals surface area contributed by atoms with Crippen LogP contribution in [0.1, 0.15) is 17.3 Å². The number of para-hydroxylation sites is 2. The van der Waals surface area contributed by atoms with Crippen molar-refractivity contribution in [2.75, 3.05) is 0 Å². The van der Waals surface area contributed by atoms with Crippen LogP contribution in [0.4, 0.5) is 0 Å². The molecule has 0 saturated heterocycles. The van der Waals surface area contributed by atoms with Crippen molar-refractivity contribution in [3.05, 3.63) is 187 Å². The maximum absolute atomic E-state index is 5.35. The molecule has 10 rings (SSSR count). The van der Waals surface area contributed by atoms with Crippen molar-refractivity contribution in [1.29, 1.82) is 0 Å². The monoisotopic (exact) mass is 641 g/mol. The Morgan fingerprint density at radius 3 is 1.56 bits per heavy atom. The quantitative estimate of drug-likeness (QED) is 0.204. The van der Waals surface area contributed by atoms with Crippen molar-refractivity contribution in [3.8, 4) is 16.8 Å². The molecule has 0 bridgehead atoms. The molecule has 0 amide bonds. The molecule has 50 heavy (non-hydrogen) atoms. The average Bonchev–Trinajstić information content (AvgIpc) is 3.72. The molecule has 0 saturated carbocycles. The van der Waals surface area contributed by atoms with Crippen LogP contribution in [0.25, 0.3) is 60.4 Å². The van der Waals surface area contributed by atoms with Gasteiger partial charge < -0.3 is 9.88 Å². The SMILES string of the molecule is c1ccc(C2=NC(n3c4ccccc4c4ccc5c6ccccc6n(-c6ccc(-c7ccccc7)cc6)c5c43)=NC(c3ccccc3)N2)cc1. The Balaban J connectivity index is 1.30. The van der Waals surface area contributed by atoms with Gasteiger partial charge in [0.25, 0.3) is 0 Å². The number of hydrogen-bond donors (Lipinski definition) is 1. The topological polar surface area (TPSA) is 46.6 Å². The molecule has 1 N–H and O–H groups in total. The number of nitrogens with one attached hydrogen (secondary N) is 1. The number of aromatic nitrogens is 2. The lowest BCUT2D eigenvalue weighted by atomic mass is 10.1. The number of nitrogens with zero attached hydrogens (tertiary/aromatic N) is 4. The van der Waals surface area contributed by atoms with Crippen molar-refractivity contribution in [3.63, 3.8) is 0 Å². The van der Waals surface area contributed by atoms with E-state index in [0.717, 1.165) is 55.5 Å². The molecule has 0 aliphatic carbocycles. The van der Waals surface area contributed by atoms with E-state index in [2.05, 4.69) is 166 Å².